The maximum Gasteiger partial charge on any atom is 0.228 e. The smallest absolute Gasteiger partial charge is 0.228 e. The van der Waals surface area contributed by atoms with E-state index < -0.39 is 0 Å². The highest BCUT2D eigenvalue weighted by Gasteiger charge is 2.11. The van der Waals surface area contributed by atoms with E-state index in [1.165, 1.54) is 0 Å². The van der Waals surface area contributed by atoms with Crippen molar-refractivity contribution in [3.8, 4) is 0 Å². The Morgan fingerprint density at radius 2 is 2.25 bits per heavy atom. The third-order valence-electron chi connectivity index (χ3n) is 2.11. The number of nitrogens with two attached hydrogens (primary N) is 1. The summed E-state index contributed by atoms with van der Waals surface area (Å²) in [6.45, 7) is 1.40. The first kappa shape index (κ1) is 13.1. The van der Waals surface area contributed by atoms with Gasteiger partial charge in [0.25, 0.3) is 0 Å². The third kappa shape index (κ3) is 4.69. The van der Waals surface area contributed by atoms with Crippen LogP contribution in [0.5, 0.6) is 0 Å². The van der Waals surface area contributed by atoms with Gasteiger partial charge in [-0.1, -0.05) is 5.16 Å². The van der Waals surface area contributed by atoms with Crippen molar-refractivity contribution in [2.45, 2.75) is 18.9 Å². The van der Waals surface area contributed by atoms with E-state index in [1.807, 2.05) is 14.1 Å². The zero-order chi connectivity index (χ0) is 12.0. The lowest BCUT2D eigenvalue weighted by Gasteiger charge is -2.06. The monoisotopic (exact) mass is 228 g/mol. The van der Waals surface area contributed by atoms with Crippen molar-refractivity contribution in [2.24, 2.45) is 5.73 Å². The second-order valence-electron chi connectivity index (χ2n) is 4.08. The fraction of sp³-hybridized carbons (Fsp3) is 0.800. The number of nitrogens with zero attached hydrogens (tertiary/aromatic N) is 3. The molecule has 1 unspecified atom stereocenters. The van der Waals surface area contributed by atoms with Crippen molar-refractivity contribution in [3.63, 3.8) is 0 Å². The van der Waals surface area contributed by atoms with Gasteiger partial charge in [0.15, 0.2) is 5.82 Å². The Bertz CT molecular complexity index is 301. The molecule has 0 bridgehead atoms. The molecule has 0 aliphatic rings. The van der Waals surface area contributed by atoms with E-state index in [1.54, 1.807) is 7.11 Å². The Balaban J connectivity index is 2.39. The highest BCUT2D eigenvalue weighted by Crippen LogP contribution is 2.01. The zero-order valence-corrected chi connectivity index (χ0v) is 10.1. The molecule has 1 rings (SSSR count). The van der Waals surface area contributed by atoms with Crippen LogP contribution >= 0.6 is 0 Å². The third-order valence-corrected chi connectivity index (χ3v) is 2.11. The van der Waals surface area contributed by atoms with Gasteiger partial charge in [0.2, 0.25) is 5.89 Å². The highest BCUT2D eigenvalue weighted by atomic mass is 16.5. The molecule has 0 saturated heterocycles. The van der Waals surface area contributed by atoms with Gasteiger partial charge in [-0.3, -0.25) is 0 Å². The Labute approximate surface area is 95.7 Å². The maximum atomic E-state index is 5.79. The predicted molar refractivity (Wildman–Crippen MR) is 60.1 cm³/mol. The van der Waals surface area contributed by atoms with Gasteiger partial charge < -0.3 is 19.9 Å². The van der Waals surface area contributed by atoms with E-state index in [0.29, 0.717) is 18.9 Å². The van der Waals surface area contributed by atoms with E-state index in [9.17, 15) is 0 Å². The van der Waals surface area contributed by atoms with Gasteiger partial charge in [-0.25, -0.2) is 0 Å². The molecular weight excluding hydrogens is 208 g/mol. The fourth-order valence-electron chi connectivity index (χ4n) is 1.30. The van der Waals surface area contributed by atoms with Gasteiger partial charge in [0.1, 0.15) is 0 Å². The van der Waals surface area contributed by atoms with Crippen LogP contribution in [-0.4, -0.2) is 55.4 Å². The van der Waals surface area contributed by atoms with E-state index in [0.717, 1.165) is 18.8 Å². The lowest BCUT2D eigenvalue weighted by molar-refractivity contribution is 0.176. The summed E-state index contributed by atoms with van der Waals surface area (Å²) in [4.78, 5) is 6.34. The minimum absolute atomic E-state index is 0.0906. The average molecular weight is 228 g/mol. The van der Waals surface area contributed by atoms with Crippen LogP contribution in [0, 0.1) is 0 Å². The summed E-state index contributed by atoms with van der Waals surface area (Å²) < 4.78 is 10.0. The number of hydrogen-bond donors (Lipinski definition) is 1. The quantitative estimate of drug-likeness (QED) is 0.690. The molecule has 0 aliphatic heterocycles. The summed E-state index contributed by atoms with van der Waals surface area (Å²) >= 11 is 0. The van der Waals surface area contributed by atoms with E-state index in [-0.39, 0.29) is 6.04 Å². The summed E-state index contributed by atoms with van der Waals surface area (Å²) in [6, 6.07) is -0.0906. The summed E-state index contributed by atoms with van der Waals surface area (Å²) in [5, 5.41) is 3.89. The fourth-order valence-corrected chi connectivity index (χ4v) is 1.30. The maximum absolute atomic E-state index is 5.79. The molecule has 1 aromatic rings. The van der Waals surface area contributed by atoms with Crippen LogP contribution in [-0.2, 0) is 17.6 Å². The molecule has 6 nitrogen and oxygen atoms in total. The summed E-state index contributed by atoms with van der Waals surface area (Å²) in [5.41, 5.74) is 5.79. The van der Waals surface area contributed by atoms with Crippen LogP contribution in [0.4, 0.5) is 0 Å². The molecule has 6 heteroatoms. The lowest BCUT2D eigenvalue weighted by atomic mass is 10.2. The van der Waals surface area contributed by atoms with Crippen LogP contribution in [0.1, 0.15) is 11.7 Å². The molecule has 0 radical (unpaired) electrons. The summed E-state index contributed by atoms with van der Waals surface area (Å²) in [6.07, 6.45) is 1.35. The van der Waals surface area contributed by atoms with E-state index >= 15 is 0 Å². The largest absolute Gasteiger partial charge is 0.383 e. The molecule has 0 spiro atoms. The van der Waals surface area contributed by atoms with Gasteiger partial charge in [0, 0.05) is 32.5 Å². The Kier molecular flexibility index (Phi) is 5.37. The SMILES string of the molecule is COCC(N)Cc1nc(CCN(C)C)no1. The molecule has 1 aromatic heterocycles. The molecule has 16 heavy (non-hydrogen) atoms. The van der Waals surface area contributed by atoms with Gasteiger partial charge in [-0.2, -0.15) is 4.98 Å². The first-order valence-corrected chi connectivity index (χ1v) is 5.32. The first-order valence-electron chi connectivity index (χ1n) is 5.32. The topological polar surface area (TPSA) is 77.4 Å². The number of aromatic nitrogens is 2. The number of hydrogen-bond acceptors (Lipinski definition) is 6. The minimum Gasteiger partial charge on any atom is -0.383 e. The second kappa shape index (κ2) is 6.57. The van der Waals surface area contributed by atoms with Crippen molar-refractivity contribution < 1.29 is 9.26 Å². The normalized spacial score (nSPS) is 13.3. The molecule has 0 amide bonds. The molecule has 2 N–H and O–H groups in total. The standard InChI is InChI=1S/C10H20N4O2/c1-14(2)5-4-9-12-10(16-13-9)6-8(11)7-15-3/h8H,4-7,11H2,1-3H3. The van der Waals surface area contributed by atoms with Crippen molar-refractivity contribution in [1.82, 2.24) is 15.0 Å². The minimum atomic E-state index is -0.0906. The summed E-state index contributed by atoms with van der Waals surface area (Å²) in [5.74, 6) is 1.31. The van der Waals surface area contributed by atoms with E-state index in [2.05, 4.69) is 15.0 Å². The van der Waals surface area contributed by atoms with Crippen LogP contribution in [0.15, 0.2) is 4.52 Å². The number of likely N-dealkylation sites (N-methyl/N-ethyl adjacent to an activating group) is 1. The van der Waals surface area contributed by atoms with Crippen molar-refractivity contribution in [2.75, 3.05) is 34.4 Å². The highest BCUT2D eigenvalue weighted by molar-refractivity contribution is 4.89. The molecule has 1 heterocycles. The lowest BCUT2D eigenvalue weighted by Crippen LogP contribution is -2.28. The average Bonchev–Trinajstić information content (AvgIpc) is 2.63. The molecule has 92 valence electrons. The van der Waals surface area contributed by atoms with Crippen molar-refractivity contribution in [1.29, 1.82) is 0 Å². The second-order valence-corrected chi connectivity index (χ2v) is 4.08. The predicted octanol–water partition coefficient (Wildman–Crippen LogP) is -0.310. The molecular formula is C10H20N4O2. The Morgan fingerprint density at radius 1 is 1.50 bits per heavy atom. The molecule has 1 atom stereocenters. The molecule has 0 saturated carbocycles. The van der Waals surface area contributed by atoms with Gasteiger partial charge in [-0.15, -0.1) is 0 Å². The van der Waals surface area contributed by atoms with E-state index in [4.69, 9.17) is 15.0 Å². The van der Waals surface area contributed by atoms with Gasteiger partial charge in [-0.05, 0) is 14.1 Å². The van der Waals surface area contributed by atoms with Crippen molar-refractivity contribution >= 4 is 0 Å². The van der Waals surface area contributed by atoms with Crippen molar-refractivity contribution in [3.05, 3.63) is 11.7 Å². The Morgan fingerprint density at radius 3 is 2.88 bits per heavy atom. The van der Waals surface area contributed by atoms with Crippen LogP contribution in [0.2, 0.25) is 0 Å². The number of rotatable bonds is 7. The molecule has 0 aliphatic carbocycles. The summed E-state index contributed by atoms with van der Waals surface area (Å²) in [7, 11) is 5.64. The van der Waals surface area contributed by atoms with Gasteiger partial charge in [0.05, 0.1) is 6.61 Å². The molecule has 0 aromatic carbocycles. The zero-order valence-electron chi connectivity index (χ0n) is 10.1. The van der Waals surface area contributed by atoms with Crippen LogP contribution in [0.3, 0.4) is 0 Å². The molecule has 0 fully saturated rings. The van der Waals surface area contributed by atoms with Crippen LogP contribution < -0.4 is 5.73 Å². The van der Waals surface area contributed by atoms with Gasteiger partial charge >= 0.3 is 0 Å². The van der Waals surface area contributed by atoms with Crippen LogP contribution in [0.25, 0.3) is 0 Å². The number of ether oxygens (including phenoxy) is 1. The number of methoxy groups -OCH3 is 1. The Hall–Kier alpha value is -0.980. The first-order chi connectivity index (χ1) is 7.61.